The quantitative estimate of drug-likeness (QED) is 0.296. The largest absolute Gasteiger partial charge is 0.508 e. The predicted molar refractivity (Wildman–Crippen MR) is 84.5 cm³/mol. The van der Waals surface area contributed by atoms with Crippen LogP contribution in [0, 0.1) is 0 Å². The van der Waals surface area contributed by atoms with Crippen molar-refractivity contribution in [2.24, 2.45) is 5.73 Å². The van der Waals surface area contributed by atoms with E-state index in [1.807, 2.05) is 0 Å². The van der Waals surface area contributed by atoms with E-state index < -0.39 is 48.4 Å². The maximum atomic E-state index is 10.4. The molecule has 26 heavy (non-hydrogen) atoms. The van der Waals surface area contributed by atoms with Gasteiger partial charge in [0.05, 0.1) is 12.8 Å². The first-order valence-corrected chi connectivity index (χ1v) is 7.03. The maximum absolute atomic E-state index is 10.4. The zero-order valence-corrected chi connectivity index (χ0v) is 13.4. The molecule has 1 atom stereocenters. The molecule has 0 amide bonds. The number of carboxylic acids is 4. The monoisotopic (exact) mass is 373 g/mol. The first kappa shape index (κ1) is 22.8. The minimum absolute atomic E-state index is 0.160. The molecule has 0 saturated carbocycles. The first-order valence-electron chi connectivity index (χ1n) is 7.03. The Morgan fingerprint density at radius 2 is 1.35 bits per heavy atom. The number of hydrogen-bond acceptors (Lipinski definition) is 7. The predicted octanol–water partition coefficient (Wildman–Crippen LogP) is -0.902. The highest BCUT2D eigenvalue weighted by Gasteiger charge is 2.40. The Morgan fingerprint density at radius 1 is 0.923 bits per heavy atom. The molecule has 1 aromatic rings. The summed E-state index contributed by atoms with van der Waals surface area (Å²) in [5, 5.41) is 51.3. The molecule has 0 unspecified atom stereocenters. The average Bonchev–Trinajstić information content (AvgIpc) is 2.48. The van der Waals surface area contributed by atoms with Crippen molar-refractivity contribution >= 4 is 23.9 Å². The number of aromatic hydroxyl groups is 1. The van der Waals surface area contributed by atoms with Gasteiger partial charge in [-0.05, 0) is 24.1 Å². The number of phenols is 1. The summed E-state index contributed by atoms with van der Waals surface area (Å²) in [6.07, 6.45) is -2.02. The highest BCUT2D eigenvalue weighted by Crippen LogP contribution is 2.15. The number of benzene rings is 1. The average molecular weight is 373 g/mol. The van der Waals surface area contributed by atoms with E-state index >= 15 is 0 Å². The van der Waals surface area contributed by atoms with Gasteiger partial charge in [0.25, 0.3) is 0 Å². The molecule has 0 saturated heterocycles. The lowest BCUT2D eigenvalue weighted by molar-refractivity contribution is -0.170. The van der Waals surface area contributed by atoms with Crippen LogP contribution in [0.5, 0.6) is 5.75 Å². The van der Waals surface area contributed by atoms with Gasteiger partial charge in [-0.15, -0.1) is 0 Å². The minimum Gasteiger partial charge on any atom is -0.508 e. The number of aliphatic carboxylic acids is 4. The molecule has 0 radical (unpaired) electrons. The highest BCUT2D eigenvalue weighted by molar-refractivity contribution is 5.88. The lowest BCUT2D eigenvalue weighted by Gasteiger charge is -2.18. The molecule has 11 heteroatoms. The third kappa shape index (κ3) is 8.61. The van der Waals surface area contributed by atoms with Crippen LogP contribution in [0.4, 0.5) is 0 Å². The summed E-state index contributed by atoms with van der Waals surface area (Å²) in [7, 11) is 0. The number of rotatable bonds is 8. The topological polar surface area (TPSA) is 216 Å². The molecule has 0 aliphatic carbocycles. The van der Waals surface area contributed by atoms with Crippen LogP contribution < -0.4 is 5.73 Å². The van der Waals surface area contributed by atoms with E-state index in [9.17, 15) is 19.2 Å². The van der Waals surface area contributed by atoms with Gasteiger partial charge in [0, 0.05) is 0 Å². The van der Waals surface area contributed by atoms with Crippen LogP contribution in [0.3, 0.4) is 0 Å². The second-order valence-corrected chi connectivity index (χ2v) is 5.29. The Bertz CT molecular complexity index is 639. The molecule has 0 aliphatic rings. The smallest absolute Gasteiger partial charge is 0.336 e. The molecular formula is C15H19NO10. The van der Waals surface area contributed by atoms with Crippen molar-refractivity contribution in [1.82, 2.24) is 0 Å². The van der Waals surface area contributed by atoms with Gasteiger partial charge in [0.1, 0.15) is 11.8 Å². The minimum atomic E-state index is -2.74. The van der Waals surface area contributed by atoms with Crippen molar-refractivity contribution in [3.05, 3.63) is 29.8 Å². The molecule has 0 aliphatic heterocycles. The second kappa shape index (κ2) is 9.96. The summed E-state index contributed by atoms with van der Waals surface area (Å²) in [6, 6.07) is 5.42. The van der Waals surface area contributed by atoms with Gasteiger partial charge in [0.15, 0.2) is 5.60 Å². The third-order valence-electron chi connectivity index (χ3n) is 2.99. The van der Waals surface area contributed by atoms with Gasteiger partial charge >= 0.3 is 23.9 Å². The molecule has 0 spiro atoms. The van der Waals surface area contributed by atoms with Gasteiger partial charge in [-0.3, -0.25) is 14.4 Å². The van der Waals surface area contributed by atoms with Crippen LogP contribution >= 0.6 is 0 Å². The van der Waals surface area contributed by atoms with Crippen LogP contribution in [0.2, 0.25) is 0 Å². The normalized spacial score (nSPS) is 11.6. The van der Waals surface area contributed by atoms with Crippen molar-refractivity contribution in [1.29, 1.82) is 0 Å². The first-order chi connectivity index (χ1) is 11.9. The molecule has 8 N–H and O–H groups in total. The molecular weight excluding hydrogens is 354 g/mol. The van der Waals surface area contributed by atoms with Gasteiger partial charge in [-0.25, -0.2) is 4.79 Å². The van der Waals surface area contributed by atoms with E-state index in [1.54, 1.807) is 12.1 Å². The zero-order chi connectivity index (χ0) is 20.5. The number of aliphatic hydroxyl groups is 1. The summed E-state index contributed by atoms with van der Waals surface area (Å²) < 4.78 is 0. The molecule has 1 aromatic carbocycles. The lowest BCUT2D eigenvalue weighted by Crippen LogP contribution is -2.42. The van der Waals surface area contributed by atoms with Crippen LogP contribution in [0.15, 0.2) is 24.3 Å². The molecule has 0 heterocycles. The summed E-state index contributed by atoms with van der Waals surface area (Å²) >= 11 is 0. The maximum Gasteiger partial charge on any atom is 0.336 e. The Morgan fingerprint density at radius 3 is 1.65 bits per heavy atom. The summed E-state index contributed by atoms with van der Waals surface area (Å²) in [5.41, 5.74) is 3.38. The summed E-state index contributed by atoms with van der Waals surface area (Å²) in [4.78, 5) is 40.9. The van der Waals surface area contributed by atoms with Crippen LogP contribution in [-0.2, 0) is 25.6 Å². The fourth-order valence-corrected chi connectivity index (χ4v) is 1.69. The number of carbonyl (C=O) groups is 4. The molecule has 0 bridgehead atoms. The van der Waals surface area contributed by atoms with Crippen molar-refractivity contribution in [2.75, 3.05) is 0 Å². The van der Waals surface area contributed by atoms with E-state index in [4.69, 9.17) is 36.4 Å². The number of phenolic OH excluding ortho intramolecular Hbond substituents is 1. The van der Waals surface area contributed by atoms with Crippen LogP contribution in [0.1, 0.15) is 18.4 Å². The van der Waals surface area contributed by atoms with E-state index in [-0.39, 0.29) is 12.2 Å². The van der Waals surface area contributed by atoms with E-state index in [0.29, 0.717) is 0 Å². The molecule has 1 rings (SSSR count). The Kier molecular flexibility index (Phi) is 8.74. The highest BCUT2D eigenvalue weighted by atomic mass is 16.4. The molecule has 144 valence electrons. The van der Waals surface area contributed by atoms with Crippen molar-refractivity contribution in [3.63, 3.8) is 0 Å². The van der Waals surface area contributed by atoms with Crippen LogP contribution in [0.25, 0.3) is 0 Å². The second-order valence-electron chi connectivity index (χ2n) is 5.29. The summed E-state index contributed by atoms with van der Waals surface area (Å²) in [6.45, 7) is 0. The third-order valence-corrected chi connectivity index (χ3v) is 2.99. The molecule has 0 aromatic heterocycles. The van der Waals surface area contributed by atoms with E-state index in [2.05, 4.69) is 0 Å². The SMILES string of the molecule is N[C@@H](Cc1ccc(O)cc1)C(=O)O.O=C(O)CC(O)(CC(=O)O)C(=O)O. The molecule has 0 fully saturated rings. The molecule has 11 nitrogen and oxygen atoms in total. The van der Waals surface area contributed by atoms with Gasteiger partial charge < -0.3 is 36.4 Å². The van der Waals surface area contributed by atoms with Gasteiger partial charge in [0.2, 0.25) is 0 Å². The van der Waals surface area contributed by atoms with Crippen molar-refractivity contribution < 1.29 is 49.8 Å². The van der Waals surface area contributed by atoms with E-state index in [1.165, 1.54) is 12.1 Å². The van der Waals surface area contributed by atoms with Crippen LogP contribution in [-0.4, -0.2) is 66.2 Å². The summed E-state index contributed by atoms with van der Waals surface area (Å²) in [5.74, 6) is -5.88. The number of nitrogens with two attached hydrogens (primary N) is 1. The van der Waals surface area contributed by atoms with E-state index in [0.717, 1.165) is 5.56 Å². The zero-order valence-electron chi connectivity index (χ0n) is 13.4. The Hall–Kier alpha value is -3.18. The fraction of sp³-hybridized carbons (Fsp3) is 0.333. The number of carboxylic acid groups (broad SMARTS) is 4. The van der Waals surface area contributed by atoms with Gasteiger partial charge in [-0.1, -0.05) is 12.1 Å². The Balaban J connectivity index is 0.000000481. The Labute approximate surface area is 146 Å². The van der Waals surface area contributed by atoms with Crippen molar-refractivity contribution in [3.8, 4) is 5.75 Å². The number of hydrogen-bond donors (Lipinski definition) is 7. The van der Waals surface area contributed by atoms with Crippen molar-refractivity contribution in [2.45, 2.75) is 30.9 Å². The standard InChI is InChI=1S/C9H11NO3.C6H8O7/c10-8(9(12)13)5-6-1-3-7(11)4-2-6;7-3(8)1-6(13,5(11)12)2-4(9)10/h1-4,8,11H,5,10H2,(H,12,13);13H,1-2H2,(H,7,8)(H,9,10)(H,11,12)/t8-;/m0./s1. The van der Waals surface area contributed by atoms with Gasteiger partial charge in [-0.2, -0.15) is 0 Å². The lowest BCUT2D eigenvalue weighted by atomic mass is 9.96. The fourth-order valence-electron chi connectivity index (χ4n) is 1.69.